The summed E-state index contributed by atoms with van der Waals surface area (Å²) in [5, 5.41) is 5.55. The molecule has 0 aromatic rings. The summed E-state index contributed by atoms with van der Waals surface area (Å²) in [5.41, 5.74) is 0.956. The molecule has 0 aromatic heterocycles. The van der Waals surface area contributed by atoms with Crippen LogP contribution in [0.2, 0.25) is 0 Å². The molecule has 0 aliphatic rings. The molecular formula is C8H17N3O2S. The molecule has 0 aliphatic carbocycles. The molecule has 0 aromatic carbocycles. The van der Waals surface area contributed by atoms with Crippen molar-refractivity contribution in [2.45, 2.75) is 13.8 Å². The first kappa shape index (κ1) is 13.0. The lowest BCUT2D eigenvalue weighted by atomic mass is 10.3. The largest absolute Gasteiger partial charge is 0.375 e. The van der Waals surface area contributed by atoms with Crippen LogP contribution in [0.5, 0.6) is 0 Å². The summed E-state index contributed by atoms with van der Waals surface area (Å²) in [7, 11) is -0.144. The Hall–Kier alpha value is -1.04. The molecule has 0 radical (unpaired) electrons. The molecule has 6 heteroatoms. The fourth-order valence-electron chi connectivity index (χ4n) is 0.859. The normalized spacial score (nSPS) is 12.2. The van der Waals surface area contributed by atoms with Crippen LogP contribution >= 0.6 is 0 Å². The minimum Gasteiger partial charge on any atom is -0.375 e. The Bertz CT molecular complexity index is 351. The third kappa shape index (κ3) is 3.78. The second-order valence-electron chi connectivity index (χ2n) is 3.05. The van der Waals surface area contributed by atoms with Gasteiger partial charge in [0, 0.05) is 20.4 Å². The molecule has 0 spiro atoms. The molecule has 0 fully saturated rings. The minimum atomic E-state index is -3.29. The van der Waals surface area contributed by atoms with Crippen molar-refractivity contribution in [3.05, 3.63) is 11.4 Å². The van der Waals surface area contributed by atoms with Crippen LogP contribution in [0.1, 0.15) is 13.8 Å². The number of hydrogen-bond donors (Lipinski definition) is 2. The van der Waals surface area contributed by atoms with Gasteiger partial charge in [-0.2, -0.15) is 0 Å². The van der Waals surface area contributed by atoms with Gasteiger partial charge < -0.3 is 10.6 Å². The SMILES string of the molecule is CN=C(NC(NC)=C(C)C)S(C)(=O)=O. The number of amidine groups is 1. The number of rotatable bonds is 2. The number of hydrogen-bond acceptors (Lipinski definition) is 4. The van der Waals surface area contributed by atoms with Gasteiger partial charge in [0.1, 0.15) is 5.82 Å². The van der Waals surface area contributed by atoms with Gasteiger partial charge in [-0.15, -0.1) is 0 Å². The number of nitrogens with zero attached hydrogens (tertiary/aromatic N) is 1. The first-order valence-corrected chi connectivity index (χ1v) is 6.01. The average Bonchev–Trinajstić information content (AvgIpc) is 2.03. The van der Waals surface area contributed by atoms with E-state index in [1.165, 1.54) is 7.05 Å². The van der Waals surface area contributed by atoms with E-state index in [0.29, 0.717) is 5.82 Å². The van der Waals surface area contributed by atoms with E-state index in [4.69, 9.17) is 0 Å². The highest BCUT2D eigenvalue weighted by molar-refractivity contribution is 8.05. The van der Waals surface area contributed by atoms with Crippen molar-refractivity contribution in [3.8, 4) is 0 Å². The molecule has 2 N–H and O–H groups in total. The Kier molecular flexibility index (Phi) is 4.62. The maximum Gasteiger partial charge on any atom is 0.221 e. The summed E-state index contributed by atoms with van der Waals surface area (Å²) in [6, 6.07) is 0. The summed E-state index contributed by atoms with van der Waals surface area (Å²) >= 11 is 0. The molecule has 82 valence electrons. The Morgan fingerprint density at radius 2 is 1.79 bits per heavy atom. The molecule has 0 rings (SSSR count). The molecule has 0 saturated carbocycles. The molecule has 0 unspecified atom stereocenters. The van der Waals surface area contributed by atoms with Crippen molar-refractivity contribution in [3.63, 3.8) is 0 Å². The van der Waals surface area contributed by atoms with Crippen LogP contribution in [0.4, 0.5) is 0 Å². The Morgan fingerprint density at radius 1 is 1.29 bits per heavy atom. The first-order valence-electron chi connectivity index (χ1n) is 4.12. The van der Waals surface area contributed by atoms with Gasteiger partial charge >= 0.3 is 0 Å². The zero-order valence-corrected chi connectivity index (χ0v) is 9.99. The molecule has 14 heavy (non-hydrogen) atoms. The van der Waals surface area contributed by atoms with E-state index in [1.807, 2.05) is 13.8 Å². The van der Waals surface area contributed by atoms with Gasteiger partial charge in [0.25, 0.3) is 0 Å². The van der Waals surface area contributed by atoms with E-state index in [1.54, 1.807) is 7.05 Å². The Morgan fingerprint density at radius 3 is 2.00 bits per heavy atom. The number of nitrogens with one attached hydrogen (secondary N) is 2. The minimum absolute atomic E-state index is 0.0388. The summed E-state index contributed by atoms with van der Waals surface area (Å²) in [5.74, 6) is 0.649. The lowest BCUT2D eigenvalue weighted by Crippen LogP contribution is -2.35. The molecule has 0 atom stereocenters. The summed E-state index contributed by atoms with van der Waals surface area (Å²) in [4.78, 5) is 3.67. The van der Waals surface area contributed by atoms with Crippen molar-refractivity contribution in [1.29, 1.82) is 0 Å². The molecule has 0 heterocycles. The third-order valence-electron chi connectivity index (χ3n) is 1.54. The Labute approximate surface area is 85.2 Å². The molecule has 0 bridgehead atoms. The number of sulfone groups is 1. The lowest BCUT2D eigenvalue weighted by molar-refractivity contribution is 0.611. The highest BCUT2D eigenvalue weighted by Gasteiger charge is 2.13. The fraction of sp³-hybridized carbons (Fsp3) is 0.625. The zero-order valence-electron chi connectivity index (χ0n) is 9.17. The highest BCUT2D eigenvalue weighted by atomic mass is 32.2. The van der Waals surface area contributed by atoms with Crippen LogP contribution in [0.15, 0.2) is 16.4 Å². The number of aliphatic imine (C=N–C) groups is 1. The number of allylic oxidation sites excluding steroid dienone is 1. The predicted molar refractivity (Wildman–Crippen MR) is 58.8 cm³/mol. The van der Waals surface area contributed by atoms with E-state index in [9.17, 15) is 8.42 Å². The van der Waals surface area contributed by atoms with Crippen molar-refractivity contribution >= 4 is 15.0 Å². The Balaban J connectivity index is 4.93. The van der Waals surface area contributed by atoms with Crippen molar-refractivity contribution in [1.82, 2.24) is 10.6 Å². The topological polar surface area (TPSA) is 70.6 Å². The van der Waals surface area contributed by atoms with E-state index in [0.717, 1.165) is 11.8 Å². The van der Waals surface area contributed by atoms with E-state index in [2.05, 4.69) is 15.6 Å². The monoisotopic (exact) mass is 219 g/mol. The molecule has 5 nitrogen and oxygen atoms in total. The third-order valence-corrected chi connectivity index (χ3v) is 2.52. The maximum atomic E-state index is 11.2. The predicted octanol–water partition coefficient (Wildman–Crippen LogP) is 0.0772. The molecular weight excluding hydrogens is 202 g/mol. The lowest BCUT2D eigenvalue weighted by Gasteiger charge is -2.12. The van der Waals surface area contributed by atoms with Crippen molar-refractivity contribution < 1.29 is 8.42 Å². The van der Waals surface area contributed by atoms with Crippen molar-refractivity contribution in [2.24, 2.45) is 4.99 Å². The second kappa shape index (κ2) is 4.99. The van der Waals surface area contributed by atoms with Gasteiger partial charge in [0.2, 0.25) is 15.0 Å². The fourth-order valence-corrected chi connectivity index (χ4v) is 1.48. The van der Waals surface area contributed by atoms with E-state index < -0.39 is 9.84 Å². The summed E-state index contributed by atoms with van der Waals surface area (Å²) < 4.78 is 22.4. The van der Waals surface area contributed by atoms with Crippen LogP contribution in [-0.4, -0.2) is 33.9 Å². The maximum absolute atomic E-state index is 11.2. The van der Waals surface area contributed by atoms with Crippen molar-refractivity contribution in [2.75, 3.05) is 20.4 Å². The van der Waals surface area contributed by atoms with Gasteiger partial charge in [0.05, 0.1) is 0 Å². The van der Waals surface area contributed by atoms with E-state index in [-0.39, 0.29) is 5.17 Å². The van der Waals surface area contributed by atoms with Gasteiger partial charge in [-0.25, -0.2) is 8.42 Å². The first-order chi connectivity index (χ1) is 6.32. The summed E-state index contributed by atoms with van der Waals surface area (Å²) in [6.45, 7) is 3.74. The van der Waals surface area contributed by atoms with Crippen LogP contribution in [0.25, 0.3) is 0 Å². The van der Waals surface area contributed by atoms with Gasteiger partial charge in [0.15, 0.2) is 0 Å². The van der Waals surface area contributed by atoms with Crippen LogP contribution < -0.4 is 10.6 Å². The van der Waals surface area contributed by atoms with Gasteiger partial charge in [-0.1, -0.05) is 0 Å². The van der Waals surface area contributed by atoms with Gasteiger partial charge in [-0.05, 0) is 19.4 Å². The van der Waals surface area contributed by atoms with Crippen LogP contribution in [0, 0.1) is 0 Å². The molecule has 0 saturated heterocycles. The standard InChI is InChI=1S/C8H17N3O2S/c1-6(2)7(9-3)11-8(10-4)14(5,12)13/h9H,1-5H3,(H,10,11). The van der Waals surface area contributed by atoms with Gasteiger partial charge in [-0.3, -0.25) is 4.99 Å². The summed E-state index contributed by atoms with van der Waals surface area (Å²) in [6.07, 6.45) is 1.11. The average molecular weight is 219 g/mol. The van der Waals surface area contributed by atoms with Crippen LogP contribution in [0.3, 0.4) is 0 Å². The molecule has 0 aliphatic heterocycles. The molecule has 0 amide bonds. The smallest absolute Gasteiger partial charge is 0.221 e. The van der Waals surface area contributed by atoms with Crippen LogP contribution in [-0.2, 0) is 9.84 Å². The van der Waals surface area contributed by atoms with E-state index >= 15 is 0 Å². The quantitative estimate of drug-likeness (QED) is 0.509. The zero-order chi connectivity index (χ0) is 11.4. The highest BCUT2D eigenvalue weighted by Crippen LogP contribution is 1.97. The second-order valence-corrected chi connectivity index (χ2v) is 4.98.